The number of fused-ring (bicyclic) bond motifs is 3. The van der Waals surface area contributed by atoms with E-state index in [2.05, 4.69) is 72.0 Å². The average molecular weight is 581 g/mol. The number of ether oxygens (including phenoxy) is 2. The second kappa shape index (κ2) is 12.3. The van der Waals surface area contributed by atoms with Crippen molar-refractivity contribution in [1.82, 2.24) is 24.6 Å². The first kappa shape index (κ1) is 26.0. The van der Waals surface area contributed by atoms with Crippen molar-refractivity contribution in [3.8, 4) is 5.75 Å². The van der Waals surface area contributed by atoms with Crippen molar-refractivity contribution in [2.24, 2.45) is 0 Å². The summed E-state index contributed by atoms with van der Waals surface area (Å²) in [5.41, 5.74) is 4.96. The predicted octanol–water partition coefficient (Wildman–Crippen LogP) is 4.35. The van der Waals surface area contributed by atoms with Crippen molar-refractivity contribution in [1.29, 1.82) is 0 Å². The van der Waals surface area contributed by atoms with E-state index in [-0.39, 0.29) is 0 Å². The maximum atomic E-state index is 6.32. The molecular weight excluding hydrogens is 542 g/mol. The Bertz CT molecular complexity index is 1210. The molecule has 6 rings (SSSR count). The van der Waals surface area contributed by atoms with Crippen LogP contribution in [0.4, 0.5) is 0 Å². The lowest BCUT2D eigenvalue weighted by Gasteiger charge is -2.37. The van der Waals surface area contributed by atoms with Crippen LogP contribution in [0.2, 0.25) is 0 Å². The molecule has 0 spiro atoms. The molecule has 0 unspecified atom stereocenters. The molecule has 0 N–H and O–H groups in total. The summed E-state index contributed by atoms with van der Waals surface area (Å²) in [4.78, 5) is 14.8. The molecule has 4 heterocycles. The predicted molar refractivity (Wildman–Crippen MR) is 155 cm³/mol. The number of piperazine rings is 1. The molecular formula is C30H38BrN5O2. The maximum absolute atomic E-state index is 6.32. The van der Waals surface area contributed by atoms with Gasteiger partial charge in [-0.1, -0.05) is 28.1 Å². The summed E-state index contributed by atoms with van der Waals surface area (Å²) in [5.74, 6) is 0.977. The maximum Gasteiger partial charge on any atom is 0.152 e. The smallest absolute Gasteiger partial charge is 0.152 e. The lowest BCUT2D eigenvalue weighted by atomic mass is 10.0. The summed E-state index contributed by atoms with van der Waals surface area (Å²) in [6, 6.07) is 6.64. The number of pyridine rings is 1. The molecule has 1 aromatic carbocycles. The monoisotopic (exact) mass is 579 g/mol. The summed E-state index contributed by atoms with van der Waals surface area (Å²) < 4.78 is 13.0. The molecule has 38 heavy (non-hydrogen) atoms. The molecule has 3 aliphatic heterocycles. The highest BCUT2D eigenvalue weighted by Crippen LogP contribution is 2.35. The molecule has 202 valence electrons. The lowest BCUT2D eigenvalue weighted by molar-refractivity contribution is 0.0331. The van der Waals surface area contributed by atoms with Crippen LogP contribution in [0.1, 0.15) is 24.0 Å². The fourth-order valence-corrected chi connectivity index (χ4v) is 6.22. The van der Waals surface area contributed by atoms with E-state index in [1.54, 1.807) is 0 Å². The molecule has 2 saturated heterocycles. The van der Waals surface area contributed by atoms with Crippen LogP contribution in [-0.4, -0.2) is 96.9 Å². The van der Waals surface area contributed by atoms with Crippen LogP contribution < -0.4 is 4.74 Å². The van der Waals surface area contributed by atoms with Gasteiger partial charge in [0.05, 0.1) is 13.2 Å². The minimum Gasteiger partial charge on any atom is -0.475 e. The number of allylic oxidation sites excluding steroid dienone is 5. The molecule has 2 fully saturated rings. The minimum absolute atomic E-state index is 0.638. The standard InChI is InChI=1S/C30H38BrN5O2/c31-26-4-1-5-27(8-7-26)36-14-12-34(13-15-36)21-24-20-25-22-35(11-3-10-33-16-18-37-19-17-33)23-38-30(25)29-28(24)6-2-9-32-29/h1-2,5-9,20H,3-4,10-19,21-23H2. The average Bonchev–Trinajstić information content (AvgIpc) is 3.18. The highest BCUT2D eigenvalue weighted by atomic mass is 79.9. The van der Waals surface area contributed by atoms with Gasteiger partial charge in [-0.25, -0.2) is 0 Å². The number of halogens is 1. The summed E-state index contributed by atoms with van der Waals surface area (Å²) in [7, 11) is 0. The molecule has 1 aliphatic carbocycles. The number of rotatable bonds is 7. The van der Waals surface area contributed by atoms with Crippen molar-refractivity contribution < 1.29 is 9.47 Å². The van der Waals surface area contributed by atoms with Crippen LogP contribution in [0.15, 0.2) is 58.9 Å². The van der Waals surface area contributed by atoms with E-state index in [1.807, 2.05) is 12.3 Å². The first-order valence-electron chi connectivity index (χ1n) is 14.0. The van der Waals surface area contributed by atoms with Gasteiger partial charge in [0.1, 0.15) is 12.2 Å². The van der Waals surface area contributed by atoms with Crippen molar-refractivity contribution in [2.45, 2.75) is 25.9 Å². The molecule has 0 saturated carbocycles. The van der Waals surface area contributed by atoms with E-state index < -0.39 is 0 Å². The fourth-order valence-electron chi connectivity index (χ4n) is 5.90. The molecule has 4 aliphatic rings. The second-order valence-electron chi connectivity index (χ2n) is 10.6. The van der Waals surface area contributed by atoms with Crippen molar-refractivity contribution >= 4 is 26.8 Å². The Balaban J connectivity index is 1.11. The highest BCUT2D eigenvalue weighted by molar-refractivity contribution is 9.11. The summed E-state index contributed by atoms with van der Waals surface area (Å²) >= 11 is 3.63. The van der Waals surface area contributed by atoms with Gasteiger partial charge in [0.2, 0.25) is 0 Å². The summed E-state index contributed by atoms with van der Waals surface area (Å²) in [6.07, 6.45) is 12.9. The van der Waals surface area contributed by atoms with E-state index in [9.17, 15) is 0 Å². The van der Waals surface area contributed by atoms with Gasteiger partial charge in [-0.2, -0.15) is 0 Å². The number of morpholine rings is 1. The van der Waals surface area contributed by atoms with Gasteiger partial charge in [-0.3, -0.25) is 19.7 Å². The summed E-state index contributed by atoms with van der Waals surface area (Å²) in [5, 5.41) is 1.22. The quantitative estimate of drug-likeness (QED) is 0.483. The van der Waals surface area contributed by atoms with Crippen LogP contribution >= 0.6 is 15.9 Å². The van der Waals surface area contributed by atoms with Crippen molar-refractivity contribution in [3.05, 3.63) is 70.0 Å². The van der Waals surface area contributed by atoms with Gasteiger partial charge < -0.3 is 14.4 Å². The zero-order valence-electron chi connectivity index (χ0n) is 22.2. The number of benzene rings is 1. The number of hydrogen-bond donors (Lipinski definition) is 0. The fraction of sp³-hybridized carbons (Fsp3) is 0.500. The van der Waals surface area contributed by atoms with Crippen LogP contribution in [0, 0.1) is 0 Å². The van der Waals surface area contributed by atoms with Gasteiger partial charge in [0.25, 0.3) is 0 Å². The van der Waals surface area contributed by atoms with Crippen LogP contribution in [-0.2, 0) is 17.8 Å². The van der Waals surface area contributed by atoms with E-state index >= 15 is 0 Å². The number of nitrogens with zero attached hydrogens (tertiary/aromatic N) is 5. The first-order valence-corrected chi connectivity index (χ1v) is 14.8. The Labute approximate surface area is 234 Å². The lowest BCUT2D eigenvalue weighted by Crippen LogP contribution is -2.45. The topological polar surface area (TPSA) is 44.3 Å². The van der Waals surface area contributed by atoms with Crippen molar-refractivity contribution in [2.75, 3.05) is 72.3 Å². The van der Waals surface area contributed by atoms with E-state index in [0.29, 0.717) is 6.73 Å². The summed E-state index contributed by atoms with van der Waals surface area (Å²) in [6.45, 7) is 12.7. The molecule has 2 aromatic rings. The molecule has 0 amide bonds. The van der Waals surface area contributed by atoms with Gasteiger partial charge in [0.15, 0.2) is 5.75 Å². The first-order chi connectivity index (χ1) is 18.7. The molecule has 0 atom stereocenters. The number of aromatic nitrogens is 1. The van der Waals surface area contributed by atoms with Crippen LogP contribution in [0.3, 0.4) is 0 Å². The van der Waals surface area contributed by atoms with E-state index in [1.165, 1.54) is 26.7 Å². The van der Waals surface area contributed by atoms with E-state index in [0.717, 1.165) is 103 Å². The van der Waals surface area contributed by atoms with Crippen molar-refractivity contribution in [3.63, 3.8) is 0 Å². The molecule has 7 nitrogen and oxygen atoms in total. The molecule has 8 heteroatoms. The Morgan fingerprint density at radius 3 is 2.66 bits per heavy atom. The normalized spacial score (nSPS) is 21.6. The van der Waals surface area contributed by atoms with Gasteiger partial charge in [-0.15, -0.1) is 0 Å². The van der Waals surface area contributed by atoms with Crippen LogP contribution in [0.5, 0.6) is 5.75 Å². The largest absolute Gasteiger partial charge is 0.475 e. The third-order valence-corrected chi connectivity index (χ3v) is 8.60. The van der Waals surface area contributed by atoms with Gasteiger partial charge in [0, 0.05) is 81.7 Å². The van der Waals surface area contributed by atoms with Gasteiger partial charge >= 0.3 is 0 Å². The Hall–Kier alpha value is -2.23. The molecule has 1 aromatic heterocycles. The second-order valence-corrected chi connectivity index (χ2v) is 11.7. The molecule has 0 radical (unpaired) electrons. The van der Waals surface area contributed by atoms with E-state index in [4.69, 9.17) is 14.5 Å². The Morgan fingerprint density at radius 1 is 0.947 bits per heavy atom. The SMILES string of the molecule is BrC1=CC=C(N2CCN(Cc3cc4c(c5ncccc35)OCN(CCCN3CCOCC3)C4)CC2)C=CC1. The Morgan fingerprint density at radius 2 is 1.79 bits per heavy atom. The Kier molecular flexibility index (Phi) is 8.42. The van der Waals surface area contributed by atoms with Gasteiger partial charge in [-0.05, 0) is 59.8 Å². The third kappa shape index (κ3) is 6.15. The molecule has 0 bridgehead atoms. The number of hydrogen-bond acceptors (Lipinski definition) is 7. The minimum atomic E-state index is 0.638. The third-order valence-electron chi connectivity index (χ3n) is 8.01. The highest BCUT2D eigenvalue weighted by Gasteiger charge is 2.24. The zero-order valence-corrected chi connectivity index (χ0v) is 23.7. The van der Waals surface area contributed by atoms with Crippen LogP contribution in [0.25, 0.3) is 10.9 Å². The zero-order chi connectivity index (χ0) is 25.7.